The summed E-state index contributed by atoms with van der Waals surface area (Å²) < 4.78 is 27.5. The van der Waals surface area contributed by atoms with Gasteiger partial charge in [0.05, 0.1) is 31.4 Å². The van der Waals surface area contributed by atoms with Gasteiger partial charge >= 0.3 is 0 Å². The van der Waals surface area contributed by atoms with Crippen LogP contribution >= 0.6 is 11.3 Å². The number of para-hydroxylation sites is 1. The number of carbonyl (C=O) groups excluding carboxylic acids is 1. The molecule has 0 radical (unpaired) electrons. The number of benzene rings is 1. The number of thiophene rings is 1. The molecule has 2 heterocycles. The lowest BCUT2D eigenvalue weighted by atomic mass is 10.2. The second-order valence-electron chi connectivity index (χ2n) is 6.05. The SMILES string of the molecule is C[NH+]1CC=C(NNC(=O)c2ccccc2NS(=O)(=O)c2cccs2)CC1. The van der Waals surface area contributed by atoms with Crippen molar-refractivity contribution in [1.82, 2.24) is 10.9 Å². The molecule has 138 valence electrons. The van der Waals surface area contributed by atoms with E-state index in [1.165, 1.54) is 11.0 Å². The number of anilines is 1. The number of sulfonamides is 1. The molecular formula is C17H21N4O3S2+. The predicted molar refractivity (Wildman–Crippen MR) is 101 cm³/mol. The topological polar surface area (TPSA) is 91.7 Å². The minimum absolute atomic E-state index is 0.199. The maximum absolute atomic E-state index is 12.5. The fourth-order valence-corrected chi connectivity index (χ4v) is 4.62. The third kappa shape index (κ3) is 4.43. The predicted octanol–water partition coefficient (Wildman–Crippen LogP) is 0.586. The standard InChI is InChI=1S/C17H20N4O3S2/c1-21-10-8-13(9-11-21)18-19-17(22)14-5-2-3-6-15(14)20-26(23,24)16-7-4-12-25-16/h2-8,12,18,20H,9-11H2,1H3,(H,19,22)/p+1. The number of hydrazine groups is 1. The van der Waals surface area contributed by atoms with E-state index in [0.29, 0.717) is 0 Å². The van der Waals surface area contributed by atoms with E-state index in [2.05, 4.69) is 22.6 Å². The Labute approximate surface area is 156 Å². The van der Waals surface area contributed by atoms with Crippen LogP contribution in [0.4, 0.5) is 5.69 Å². The highest BCUT2D eigenvalue weighted by Gasteiger charge is 2.19. The molecular weight excluding hydrogens is 372 g/mol. The van der Waals surface area contributed by atoms with Crippen molar-refractivity contribution in [1.29, 1.82) is 0 Å². The molecule has 3 rings (SSSR count). The minimum atomic E-state index is -3.71. The van der Waals surface area contributed by atoms with Gasteiger partial charge in [0.25, 0.3) is 15.9 Å². The van der Waals surface area contributed by atoms with E-state index in [0.717, 1.165) is 36.5 Å². The molecule has 7 nitrogen and oxygen atoms in total. The molecule has 1 atom stereocenters. The van der Waals surface area contributed by atoms with Gasteiger partial charge in [-0.2, -0.15) is 0 Å². The van der Waals surface area contributed by atoms with E-state index in [1.807, 2.05) is 6.08 Å². The Bertz CT molecular complexity index is 908. The van der Waals surface area contributed by atoms with Gasteiger partial charge in [-0.3, -0.25) is 14.9 Å². The van der Waals surface area contributed by atoms with Gasteiger partial charge in [0, 0.05) is 12.1 Å². The molecule has 0 saturated carbocycles. The number of rotatable bonds is 6. The number of amides is 1. The van der Waals surface area contributed by atoms with Crippen molar-refractivity contribution in [2.24, 2.45) is 0 Å². The summed E-state index contributed by atoms with van der Waals surface area (Å²) in [5, 5.41) is 1.69. The van der Waals surface area contributed by atoms with E-state index < -0.39 is 15.9 Å². The largest absolute Gasteiger partial charge is 0.334 e. The van der Waals surface area contributed by atoms with E-state index in [-0.39, 0.29) is 15.5 Å². The lowest BCUT2D eigenvalue weighted by Gasteiger charge is -2.21. The molecule has 26 heavy (non-hydrogen) atoms. The first-order valence-electron chi connectivity index (χ1n) is 8.18. The Morgan fingerprint density at radius 2 is 2.00 bits per heavy atom. The van der Waals surface area contributed by atoms with Crippen LogP contribution in [0.1, 0.15) is 16.8 Å². The van der Waals surface area contributed by atoms with Gasteiger partial charge in [0.1, 0.15) is 4.21 Å². The van der Waals surface area contributed by atoms with Gasteiger partial charge in [-0.25, -0.2) is 8.42 Å². The van der Waals surface area contributed by atoms with Gasteiger partial charge in [0.2, 0.25) is 0 Å². The molecule has 1 aromatic carbocycles. The Morgan fingerprint density at radius 3 is 2.69 bits per heavy atom. The fourth-order valence-electron chi connectivity index (χ4n) is 2.55. The summed E-state index contributed by atoms with van der Waals surface area (Å²) in [6.45, 7) is 1.89. The molecule has 1 aromatic heterocycles. The van der Waals surface area contributed by atoms with Crippen LogP contribution in [-0.2, 0) is 10.0 Å². The van der Waals surface area contributed by atoms with Crippen molar-refractivity contribution < 1.29 is 18.1 Å². The number of hydrogen-bond acceptors (Lipinski definition) is 5. The molecule has 1 amide bonds. The average molecular weight is 394 g/mol. The molecule has 0 saturated heterocycles. The molecule has 2 aromatic rings. The summed E-state index contributed by atoms with van der Waals surface area (Å²) in [5.74, 6) is -0.401. The second kappa shape index (κ2) is 7.90. The zero-order valence-electron chi connectivity index (χ0n) is 14.3. The first kappa shape index (κ1) is 18.4. The van der Waals surface area contributed by atoms with E-state index >= 15 is 0 Å². The minimum Gasteiger partial charge on any atom is -0.334 e. The van der Waals surface area contributed by atoms with Crippen molar-refractivity contribution in [3.63, 3.8) is 0 Å². The lowest BCUT2D eigenvalue weighted by Crippen LogP contribution is -3.09. The number of hydrogen-bond donors (Lipinski definition) is 4. The quantitative estimate of drug-likeness (QED) is 0.541. The maximum Gasteiger partial charge on any atom is 0.271 e. The Kier molecular flexibility index (Phi) is 5.60. The van der Waals surface area contributed by atoms with Crippen molar-refractivity contribution in [3.05, 3.63) is 59.1 Å². The highest BCUT2D eigenvalue weighted by atomic mass is 32.2. The van der Waals surface area contributed by atoms with Gasteiger partial charge in [-0.15, -0.1) is 11.3 Å². The third-order valence-corrected chi connectivity index (χ3v) is 6.79. The van der Waals surface area contributed by atoms with Crippen LogP contribution in [0.3, 0.4) is 0 Å². The molecule has 1 unspecified atom stereocenters. The number of carbonyl (C=O) groups is 1. The summed E-state index contributed by atoms with van der Waals surface area (Å²) in [6.07, 6.45) is 2.89. The van der Waals surface area contributed by atoms with Crippen molar-refractivity contribution in [2.75, 3.05) is 24.9 Å². The van der Waals surface area contributed by atoms with Gasteiger partial charge < -0.3 is 10.3 Å². The monoisotopic (exact) mass is 393 g/mol. The summed E-state index contributed by atoms with van der Waals surface area (Å²) in [6, 6.07) is 9.70. The summed E-state index contributed by atoms with van der Waals surface area (Å²) in [5.41, 5.74) is 7.02. The first-order valence-corrected chi connectivity index (χ1v) is 10.5. The normalized spacial score (nSPS) is 17.3. The van der Waals surface area contributed by atoms with Crippen LogP contribution < -0.4 is 20.5 Å². The van der Waals surface area contributed by atoms with E-state index in [4.69, 9.17) is 0 Å². The van der Waals surface area contributed by atoms with Gasteiger partial charge in [0.15, 0.2) is 0 Å². The summed E-state index contributed by atoms with van der Waals surface area (Å²) in [7, 11) is -1.60. The van der Waals surface area contributed by atoms with Gasteiger partial charge in [-0.05, 0) is 29.7 Å². The number of nitrogens with one attached hydrogen (secondary N) is 4. The van der Waals surface area contributed by atoms with Crippen LogP contribution in [0.5, 0.6) is 0 Å². The Morgan fingerprint density at radius 1 is 1.19 bits per heavy atom. The van der Waals surface area contributed by atoms with Crippen LogP contribution in [0.2, 0.25) is 0 Å². The van der Waals surface area contributed by atoms with Crippen LogP contribution in [-0.4, -0.2) is 34.5 Å². The van der Waals surface area contributed by atoms with Gasteiger partial charge in [-0.1, -0.05) is 18.2 Å². The zero-order chi connectivity index (χ0) is 18.6. The zero-order valence-corrected chi connectivity index (χ0v) is 15.9. The average Bonchev–Trinajstić information content (AvgIpc) is 3.17. The summed E-state index contributed by atoms with van der Waals surface area (Å²) in [4.78, 5) is 13.9. The molecule has 1 aliphatic rings. The lowest BCUT2D eigenvalue weighted by molar-refractivity contribution is -0.875. The van der Waals surface area contributed by atoms with E-state index in [1.54, 1.807) is 35.7 Å². The van der Waals surface area contributed by atoms with E-state index in [9.17, 15) is 13.2 Å². The molecule has 4 N–H and O–H groups in total. The van der Waals surface area contributed by atoms with Crippen molar-refractivity contribution in [2.45, 2.75) is 10.6 Å². The summed E-state index contributed by atoms with van der Waals surface area (Å²) >= 11 is 1.12. The molecule has 9 heteroatoms. The highest BCUT2D eigenvalue weighted by molar-refractivity contribution is 7.94. The smallest absolute Gasteiger partial charge is 0.271 e. The first-order chi connectivity index (χ1) is 12.5. The third-order valence-electron chi connectivity index (χ3n) is 4.03. The second-order valence-corrected chi connectivity index (χ2v) is 8.91. The fraction of sp³-hybridized carbons (Fsp3) is 0.235. The molecule has 0 aliphatic carbocycles. The van der Waals surface area contributed by atoms with Crippen LogP contribution in [0.25, 0.3) is 0 Å². The van der Waals surface area contributed by atoms with Crippen LogP contribution in [0, 0.1) is 0 Å². The Balaban J connectivity index is 1.71. The number of quaternary nitrogens is 1. The maximum atomic E-state index is 12.5. The molecule has 0 bridgehead atoms. The molecule has 0 fully saturated rings. The van der Waals surface area contributed by atoms with Crippen molar-refractivity contribution in [3.8, 4) is 0 Å². The molecule has 0 spiro atoms. The highest BCUT2D eigenvalue weighted by Crippen LogP contribution is 2.22. The Hall–Kier alpha value is -2.36. The van der Waals surface area contributed by atoms with Crippen LogP contribution in [0.15, 0.2) is 57.8 Å². The molecule has 1 aliphatic heterocycles. The number of likely N-dealkylation sites (N-methyl/N-ethyl adjacent to an activating group) is 1. The van der Waals surface area contributed by atoms with Crippen molar-refractivity contribution >= 4 is 33.0 Å².